The van der Waals surface area contributed by atoms with Gasteiger partial charge in [-0.15, -0.1) is 0 Å². The third kappa shape index (κ3) is 2.98. The molecule has 0 aromatic rings. The largest absolute Gasteiger partial charge is 0.299 e. The summed E-state index contributed by atoms with van der Waals surface area (Å²) < 4.78 is 0. The van der Waals surface area contributed by atoms with Gasteiger partial charge in [0.05, 0.1) is 0 Å². The molecule has 75 valence electrons. The van der Waals surface area contributed by atoms with Crippen LogP contribution >= 0.6 is 0 Å². The van der Waals surface area contributed by atoms with Crippen molar-refractivity contribution in [1.82, 2.24) is 4.90 Å². The molecular weight excluding hydrogens is 158 g/mol. The average molecular weight is 180 g/mol. The van der Waals surface area contributed by atoms with Crippen molar-refractivity contribution in [3.63, 3.8) is 0 Å². The van der Waals surface area contributed by atoms with E-state index in [2.05, 4.69) is 11.4 Å². The molecule has 1 aliphatic carbocycles. The minimum Gasteiger partial charge on any atom is -0.299 e. The van der Waals surface area contributed by atoms with Crippen LogP contribution in [0, 0.1) is 12.5 Å². The molecule has 0 spiro atoms. The molecule has 2 aliphatic rings. The number of rotatable bonds is 4. The van der Waals surface area contributed by atoms with E-state index in [0.29, 0.717) is 0 Å². The topological polar surface area (TPSA) is 3.24 Å². The fraction of sp³-hybridized carbons (Fsp3) is 0.917. The minimum atomic E-state index is 1.06. The van der Waals surface area contributed by atoms with Crippen molar-refractivity contribution >= 4 is 0 Å². The van der Waals surface area contributed by atoms with Crippen LogP contribution in [0.4, 0.5) is 0 Å². The van der Waals surface area contributed by atoms with Crippen molar-refractivity contribution < 1.29 is 0 Å². The third-order valence-electron chi connectivity index (χ3n) is 3.58. The van der Waals surface area contributed by atoms with Crippen LogP contribution in [-0.4, -0.2) is 18.0 Å². The van der Waals surface area contributed by atoms with Crippen LogP contribution in [-0.2, 0) is 0 Å². The Kier molecular flexibility index (Phi) is 3.65. The Hall–Kier alpha value is -0.0400. The smallest absolute Gasteiger partial charge is 0.0251 e. The molecule has 2 rings (SSSR count). The van der Waals surface area contributed by atoms with Crippen LogP contribution in [0.5, 0.6) is 0 Å². The van der Waals surface area contributed by atoms with Crippen LogP contribution in [0.2, 0.25) is 0 Å². The lowest BCUT2D eigenvalue weighted by atomic mass is 9.86. The maximum absolute atomic E-state index is 2.48. The zero-order valence-corrected chi connectivity index (χ0v) is 8.67. The molecule has 13 heavy (non-hydrogen) atoms. The van der Waals surface area contributed by atoms with Gasteiger partial charge in [-0.1, -0.05) is 32.1 Å². The Morgan fingerprint density at radius 3 is 2.38 bits per heavy atom. The number of likely N-dealkylation sites (tertiary alicyclic amines) is 1. The van der Waals surface area contributed by atoms with Crippen LogP contribution < -0.4 is 0 Å². The van der Waals surface area contributed by atoms with Gasteiger partial charge in [-0.05, 0) is 38.3 Å². The van der Waals surface area contributed by atoms with E-state index in [1.54, 1.807) is 0 Å². The van der Waals surface area contributed by atoms with Gasteiger partial charge in [-0.25, -0.2) is 0 Å². The highest BCUT2D eigenvalue weighted by atomic mass is 15.2. The third-order valence-corrected chi connectivity index (χ3v) is 3.58. The number of hydrogen-bond acceptors (Lipinski definition) is 1. The van der Waals surface area contributed by atoms with E-state index in [1.165, 1.54) is 64.5 Å². The predicted molar refractivity (Wildman–Crippen MR) is 56.3 cm³/mol. The van der Waals surface area contributed by atoms with Crippen molar-refractivity contribution in [3.05, 3.63) is 6.54 Å². The molecule has 0 bridgehead atoms. The Morgan fingerprint density at radius 2 is 1.77 bits per heavy atom. The SMILES string of the molecule is [CH](CCC1CCCCC1)N1CCC1. The molecule has 1 saturated heterocycles. The van der Waals surface area contributed by atoms with Crippen molar-refractivity contribution in [3.8, 4) is 0 Å². The summed E-state index contributed by atoms with van der Waals surface area (Å²) in [6.45, 7) is 5.09. The second-order valence-corrected chi connectivity index (χ2v) is 4.65. The zero-order chi connectivity index (χ0) is 8.93. The molecule has 0 unspecified atom stereocenters. The maximum Gasteiger partial charge on any atom is 0.0251 e. The molecule has 1 saturated carbocycles. The second kappa shape index (κ2) is 4.99. The lowest BCUT2D eigenvalue weighted by Gasteiger charge is -2.31. The van der Waals surface area contributed by atoms with Gasteiger partial charge in [0.2, 0.25) is 0 Å². The highest BCUT2D eigenvalue weighted by Crippen LogP contribution is 2.28. The van der Waals surface area contributed by atoms with Gasteiger partial charge in [-0.2, -0.15) is 0 Å². The molecule has 1 heteroatoms. The van der Waals surface area contributed by atoms with Crippen molar-refractivity contribution in [2.45, 2.75) is 51.4 Å². The van der Waals surface area contributed by atoms with Crippen LogP contribution in [0.3, 0.4) is 0 Å². The first-order valence-corrected chi connectivity index (χ1v) is 6.02. The molecule has 0 N–H and O–H groups in total. The summed E-state index contributed by atoms with van der Waals surface area (Å²) in [7, 11) is 0. The molecule has 0 atom stereocenters. The summed E-state index contributed by atoms with van der Waals surface area (Å²) >= 11 is 0. The second-order valence-electron chi connectivity index (χ2n) is 4.65. The fourth-order valence-electron chi connectivity index (χ4n) is 2.49. The quantitative estimate of drug-likeness (QED) is 0.642. The number of nitrogens with zero attached hydrogens (tertiary/aromatic N) is 1. The molecule has 0 aromatic carbocycles. The maximum atomic E-state index is 2.48. The van der Waals surface area contributed by atoms with E-state index >= 15 is 0 Å². The lowest BCUT2D eigenvalue weighted by Crippen LogP contribution is -2.34. The van der Waals surface area contributed by atoms with Crippen molar-refractivity contribution in [2.75, 3.05) is 13.1 Å². The van der Waals surface area contributed by atoms with Crippen molar-refractivity contribution in [2.24, 2.45) is 5.92 Å². The van der Waals surface area contributed by atoms with E-state index in [4.69, 9.17) is 0 Å². The summed E-state index contributed by atoms with van der Waals surface area (Å²) in [5.41, 5.74) is 0. The van der Waals surface area contributed by atoms with E-state index < -0.39 is 0 Å². The number of hydrogen-bond donors (Lipinski definition) is 0. The summed E-state index contributed by atoms with van der Waals surface area (Å²) in [4.78, 5) is 2.48. The Bertz CT molecular complexity index is 134. The van der Waals surface area contributed by atoms with Crippen LogP contribution in [0.15, 0.2) is 0 Å². The minimum absolute atomic E-state index is 1.06. The molecule has 1 aliphatic heterocycles. The van der Waals surface area contributed by atoms with Gasteiger partial charge in [0.1, 0.15) is 0 Å². The summed E-state index contributed by atoms with van der Waals surface area (Å²) in [5, 5.41) is 0. The highest BCUT2D eigenvalue weighted by molar-refractivity contribution is 4.78. The molecule has 1 radical (unpaired) electrons. The van der Waals surface area contributed by atoms with Gasteiger partial charge in [0.25, 0.3) is 0 Å². The summed E-state index contributed by atoms with van der Waals surface area (Å²) in [6.07, 6.45) is 11.7. The average Bonchev–Trinajstić information content (AvgIpc) is 2.11. The monoisotopic (exact) mass is 180 g/mol. The van der Waals surface area contributed by atoms with Gasteiger partial charge >= 0.3 is 0 Å². The van der Waals surface area contributed by atoms with E-state index in [0.717, 1.165) is 5.92 Å². The first kappa shape index (κ1) is 9.51. The fourth-order valence-corrected chi connectivity index (χ4v) is 2.49. The predicted octanol–water partition coefficient (Wildman–Crippen LogP) is 3.21. The zero-order valence-electron chi connectivity index (χ0n) is 8.67. The first-order chi connectivity index (χ1) is 6.45. The van der Waals surface area contributed by atoms with Gasteiger partial charge < -0.3 is 0 Å². The molecule has 1 nitrogen and oxygen atoms in total. The van der Waals surface area contributed by atoms with Gasteiger partial charge in [0.15, 0.2) is 0 Å². The molecular formula is C12H22N. The summed E-state index contributed by atoms with van der Waals surface area (Å²) in [6, 6.07) is 0. The van der Waals surface area contributed by atoms with Gasteiger partial charge in [-0.3, -0.25) is 4.90 Å². The Balaban J connectivity index is 1.50. The first-order valence-electron chi connectivity index (χ1n) is 6.02. The highest BCUT2D eigenvalue weighted by Gasteiger charge is 2.16. The Labute approximate surface area is 82.5 Å². The molecule has 0 amide bonds. The standard InChI is InChI=1S/C12H22N/c1-2-6-12(7-3-1)8-4-9-13-10-5-11-13/h9,12H,1-8,10-11H2. The molecule has 0 aromatic heterocycles. The molecule has 1 heterocycles. The van der Waals surface area contributed by atoms with Crippen LogP contribution in [0.25, 0.3) is 0 Å². The van der Waals surface area contributed by atoms with E-state index in [9.17, 15) is 0 Å². The van der Waals surface area contributed by atoms with E-state index in [-0.39, 0.29) is 0 Å². The van der Waals surface area contributed by atoms with Gasteiger partial charge in [0, 0.05) is 6.54 Å². The Morgan fingerprint density at radius 1 is 1.00 bits per heavy atom. The van der Waals surface area contributed by atoms with E-state index in [1.807, 2.05) is 0 Å². The summed E-state index contributed by atoms with van der Waals surface area (Å²) in [5.74, 6) is 1.06. The van der Waals surface area contributed by atoms with Crippen LogP contribution in [0.1, 0.15) is 51.4 Å². The molecule has 2 fully saturated rings. The lowest BCUT2D eigenvalue weighted by molar-refractivity contribution is 0.215. The van der Waals surface area contributed by atoms with Crippen molar-refractivity contribution in [1.29, 1.82) is 0 Å². The normalized spacial score (nSPS) is 25.8.